The van der Waals surface area contributed by atoms with Gasteiger partial charge < -0.3 is 29.7 Å². The first-order valence-electron chi connectivity index (χ1n) is 3.73. The van der Waals surface area contributed by atoms with E-state index in [1.807, 2.05) is 0 Å². The quantitative estimate of drug-likeness (QED) is 0.405. The molecule has 0 aromatic rings. The van der Waals surface area contributed by atoms with Crippen LogP contribution in [0.2, 0.25) is 0 Å². The minimum absolute atomic E-state index is 0. The van der Waals surface area contributed by atoms with Crippen molar-refractivity contribution in [2.24, 2.45) is 0 Å². The van der Waals surface area contributed by atoms with E-state index in [0.29, 0.717) is 0 Å². The molecule has 0 aromatic heterocycles. The smallest absolute Gasteiger partial charge is 0.550 e. The Bertz CT molecular complexity index is 228. The van der Waals surface area contributed by atoms with Gasteiger partial charge >= 0.3 is 51.4 Å². The Balaban J connectivity index is 0. The van der Waals surface area contributed by atoms with Gasteiger partial charge in [0.1, 0.15) is 0 Å². The van der Waals surface area contributed by atoms with Gasteiger partial charge in [-0.3, -0.25) is 4.90 Å². The minimum atomic E-state index is -1.48. The Morgan fingerprint density at radius 1 is 0.867 bits per heavy atom. The van der Waals surface area contributed by atoms with Crippen LogP contribution >= 0.6 is 0 Å². The molecule has 0 bridgehead atoms. The molecule has 0 amide bonds. The topological polar surface area (TPSA) is 124 Å². The second kappa shape index (κ2) is 9.25. The zero-order valence-corrected chi connectivity index (χ0v) is 11.3. The number of hydrogen-bond acceptors (Lipinski definition) is 7. The zero-order valence-electron chi connectivity index (χ0n) is 8.23. The predicted molar refractivity (Wildman–Crippen MR) is 36.1 cm³/mol. The molecule has 0 aliphatic rings. The van der Waals surface area contributed by atoms with Gasteiger partial charge in [-0.05, 0) is 6.42 Å². The van der Waals surface area contributed by atoms with Crippen molar-refractivity contribution in [2.75, 3.05) is 19.6 Å². The van der Waals surface area contributed by atoms with E-state index in [0.717, 1.165) is 4.90 Å². The van der Waals surface area contributed by atoms with Crippen LogP contribution in [-0.4, -0.2) is 42.4 Å². The van der Waals surface area contributed by atoms with E-state index in [4.69, 9.17) is 0 Å². The molecule has 0 N–H and O–H groups in total. The number of carbonyl (C=O) groups excluding carboxylic acids is 3. The first-order valence-corrected chi connectivity index (χ1v) is 3.73. The Morgan fingerprint density at radius 3 is 1.53 bits per heavy atom. The Morgan fingerprint density at radius 2 is 1.27 bits per heavy atom. The van der Waals surface area contributed by atoms with E-state index in [1.54, 1.807) is 0 Å². The van der Waals surface area contributed by atoms with E-state index in [2.05, 4.69) is 0 Å². The third-order valence-electron chi connectivity index (χ3n) is 1.34. The summed E-state index contributed by atoms with van der Waals surface area (Å²) in [6.45, 7) is -1.53. The van der Waals surface area contributed by atoms with Gasteiger partial charge in [0.15, 0.2) is 0 Å². The fourth-order valence-corrected chi connectivity index (χ4v) is 0.829. The number of carboxylic acid groups (broad SMARTS) is 3. The van der Waals surface area contributed by atoms with Crippen molar-refractivity contribution >= 4 is 17.9 Å². The minimum Gasteiger partial charge on any atom is -0.550 e. The summed E-state index contributed by atoms with van der Waals surface area (Å²) in [6, 6.07) is 0. The number of carbonyl (C=O) groups is 3. The van der Waals surface area contributed by atoms with Crippen LogP contribution in [0.4, 0.5) is 0 Å². The van der Waals surface area contributed by atoms with Crippen molar-refractivity contribution in [3.63, 3.8) is 0 Å². The average Bonchev–Trinajstić information content (AvgIpc) is 1.97. The summed E-state index contributed by atoms with van der Waals surface area (Å²) in [6.07, 6.45) is -0.444. The summed E-state index contributed by atoms with van der Waals surface area (Å²) in [5.74, 6) is -4.35. The van der Waals surface area contributed by atoms with E-state index >= 15 is 0 Å². The normalized spacial score (nSPS) is 9.40. The Labute approximate surface area is 128 Å². The van der Waals surface area contributed by atoms with E-state index in [-0.39, 0.29) is 57.9 Å². The predicted octanol–water partition coefficient (Wildman–Crippen LogP) is -8.07. The molecule has 80 valence electrons. The maximum atomic E-state index is 10.1. The van der Waals surface area contributed by atoms with Crippen LogP contribution in [0, 0.1) is 0 Å². The van der Waals surface area contributed by atoms with Crippen LogP contribution in [0.1, 0.15) is 6.42 Å². The second-order valence-electron chi connectivity index (χ2n) is 2.58. The number of nitrogens with zero attached hydrogens (tertiary/aromatic N) is 1. The number of carboxylic acids is 3. The van der Waals surface area contributed by atoms with Crippen LogP contribution in [-0.2, 0) is 14.4 Å². The van der Waals surface area contributed by atoms with Crippen molar-refractivity contribution < 1.29 is 81.1 Å². The van der Waals surface area contributed by atoms with Gasteiger partial charge in [-0.25, -0.2) is 0 Å². The average molecular weight is 241 g/mol. The van der Waals surface area contributed by atoms with Crippen LogP contribution in [0.3, 0.4) is 0 Å². The molecular formula is C7H8KNO6-2. The third kappa shape index (κ3) is 11.9. The SMILES string of the molecule is O=C([O-])CCN(CC(=O)[O-])CC(=O)[O-].[K+]. The molecule has 0 aliphatic heterocycles. The first-order chi connectivity index (χ1) is 6.41. The number of hydrogen-bond donors (Lipinski definition) is 0. The van der Waals surface area contributed by atoms with Crippen molar-refractivity contribution in [3.05, 3.63) is 0 Å². The molecule has 0 saturated heterocycles. The summed E-state index contributed by atoms with van der Waals surface area (Å²) in [5, 5.41) is 30.2. The van der Waals surface area contributed by atoms with Gasteiger partial charge in [0.2, 0.25) is 0 Å². The van der Waals surface area contributed by atoms with Gasteiger partial charge in [0.05, 0.1) is 11.9 Å². The molecule has 0 fully saturated rings. The molecule has 0 aliphatic carbocycles. The Kier molecular flexibility index (Phi) is 10.7. The molecule has 0 unspecified atom stereocenters. The van der Waals surface area contributed by atoms with Gasteiger partial charge in [-0.2, -0.15) is 0 Å². The largest absolute Gasteiger partial charge is 1.00 e. The molecule has 0 radical (unpaired) electrons. The van der Waals surface area contributed by atoms with E-state index in [9.17, 15) is 29.7 Å². The van der Waals surface area contributed by atoms with Gasteiger partial charge in [-0.15, -0.1) is 0 Å². The molecule has 7 nitrogen and oxygen atoms in total. The van der Waals surface area contributed by atoms with Crippen molar-refractivity contribution in [1.29, 1.82) is 0 Å². The molecule has 0 saturated carbocycles. The van der Waals surface area contributed by atoms with Crippen LogP contribution in [0.15, 0.2) is 0 Å². The van der Waals surface area contributed by atoms with Gasteiger partial charge in [0.25, 0.3) is 0 Å². The maximum absolute atomic E-state index is 10.1. The fraction of sp³-hybridized carbons (Fsp3) is 0.571. The summed E-state index contributed by atoms with van der Waals surface area (Å²) in [4.78, 5) is 31.1. The molecule has 0 atom stereocenters. The summed E-state index contributed by atoms with van der Waals surface area (Å²) >= 11 is 0. The van der Waals surface area contributed by atoms with Crippen molar-refractivity contribution in [1.82, 2.24) is 4.90 Å². The van der Waals surface area contributed by atoms with Gasteiger partial charge in [0, 0.05) is 25.6 Å². The maximum Gasteiger partial charge on any atom is 1.00 e. The monoisotopic (exact) mass is 241 g/mol. The molecule has 0 spiro atoms. The standard InChI is InChI=1S/C7H11NO6.K/c9-5(10)1-2-8(3-6(11)12)4-7(13)14;/h1-4H2,(H,9,10)(H,11,12)(H,13,14);/q;+1/p-3. The molecule has 0 rings (SSSR count). The second-order valence-corrected chi connectivity index (χ2v) is 2.58. The van der Waals surface area contributed by atoms with E-state index in [1.165, 1.54) is 0 Å². The first kappa shape index (κ1) is 17.4. The third-order valence-corrected chi connectivity index (χ3v) is 1.34. The molecule has 0 heterocycles. The molecule has 15 heavy (non-hydrogen) atoms. The van der Waals surface area contributed by atoms with E-state index < -0.39 is 37.4 Å². The van der Waals surface area contributed by atoms with Crippen molar-refractivity contribution in [3.8, 4) is 0 Å². The molecule has 0 aromatic carbocycles. The molecule has 8 heteroatoms. The summed E-state index contributed by atoms with van der Waals surface area (Å²) in [7, 11) is 0. The zero-order chi connectivity index (χ0) is 11.1. The Hall–Kier alpha value is 0.00636. The summed E-state index contributed by atoms with van der Waals surface area (Å²) in [5.41, 5.74) is 0. The van der Waals surface area contributed by atoms with Crippen LogP contribution < -0.4 is 66.7 Å². The van der Waals surface area contributed by atoms with Crippen molar-refractivity contribution in [2.45, 2.75) is 6.42 Å². The van der Waals surface area contributed by atoms with Crippen LogP contribution in [0.25, 0.3) is 0 Å². The van der Waals surface area contributed by atoms with Crippen LogP contribution in [0.5, 0.6) is 0 Å². The fourth-order valence-electron chi connectivity index (χ4n) is 0.829. The summed E-state index contributed by atoms with van der Waals surface area (Å²) < 4.78 is 0. The van der Waals surface area contributed by atoms with Gasteiger partial charge in [-0.1, -0.05) is 0 Å². The number of aliphatic carboxylic acids is 3. The molecular weight excluding hydrogens is 233 g/mol. The number of rotatable bonds is 7.